The van der Waals surface area contributed by atoms with Gasteiger partial charge in [-0.05, 0) is 30.0 Å². The average molecular weight is 375 g/mol. The normalized spacial score (nSPS) is 10.6. The molecule has 0 atom stereocenters. The Bertz CT molecular complexity index is 962. The van der Waals surface area contributed by atoms with Crippen molar-refractivity contribution in [1.29, 1.82) is 0 Å². The van der Waals surface area contributed by atoms with Gasteiger partial charge in [0.2, 0.25) is 5.91 Å². The molecule has 28 heavy (non-hydrogen) atoms. The minimum atomic E-state index is -0.178. The summed E-state index contributed by atoms with van der Waals surface area (Å²) in [5.74, 6) is -0.316. The quantitative estimate of drug-likeness (QED) is 0.637. The number of amides is 2. The van der Waals surface area contributed by atoms with Crippen LogP contribution in [0.5, 0.6) is 0 Å². The SMILES string of the molecule is CCCCNC(=O)CN(C)C(=O)c1ccc(-c2nccc3ccccc23)cc1. The van der Waals surface area contributed by atoms with Gasteiger partial charge in [0.15, 0.2) is 0 Å². The lowest BCUT2D eigenvalue weighted by Gasteiger charge is -2.17. The average Bonchev–Trinajstić information content (AvgIpc) is 2.73. The largest absolute Gasteiger partial charge is 0.355 e. The van der Waals surface area contributed by atoms with Gasteiger partial charge < -0.3 is 10.2 Å². The van der Waals surface area contributed by atoms with Gasteiger partial charge >= 0.3 is 0 Å². The fraction of sp³-hybridized carbons (Fsp3) is 0.261. The number of likely N-dealkylation sites (N-methyl/N-ethyl adjacent to an activating group) is 1. The van der Waals surface area contributed by atoms with Crippen LogP contribution in [0.15, 0.2) is 60.8 Å². The fourth-order valence-electron chi connectivity index (χ4n) is 3.09. The molecule has 0 unspecified atom stereocenters. The van der Waals surface area contributed by atoms with Crippen LogP contribution in [0.4, 0.5) is 0 Å². The number of fused-ring (bicyclic) bond motifs is 1. The minimum absolute atomic E-state index is 0.0508. The van der Waals surface area contributed by atoms with E-state index in [1.807, 2.05) is 36.4 Å². The monoisotopic (exact) mass is 375 g/mol. The first-order valence-corrected chi connectivity index (χ1v) is 9.56. The van der Waals surface area contributed by atoms with Crippen molar-refractivity contribution in [3.05, 3.63) is 66.4 Å². The van der Waals surface area contributed by atoms with E-state index < -0.39 is 0 Å². The van der Waals surface area contributed by atoms with Crippen LogP contribution in [0.3, 0.4) is 0 Å². The van der Waals surface area contributed by atoms with Crippen LogP contribution in [-0.2, 0) is 4.79 Å². The van der Waals surface area contributed by atoms with Gasteiger partial charge in [0, 0.05) is 36.3 Å². The number of nitrogens with one attached hydrogen (secondary N) is 1. The second-order valence-electron chi connectivity index (χ2n) is 6.82. The lowest BCUT2D eigenvalue weighted by atomic mass is 10.0. The molecule has 1 aromatic heterocycles. The Labute approximate surface area is 165 Å². The number of hydrogen-bond donors (Lipinski definition) is 1. The molecule has 0 bridgehead atoms. The highest BCUT2D eigenvalue weighted by Gasteiger charge is 2.15. The highest BCUT2D eigenvalue weighted by atomic mass is 16.2. The van der Waals surface area contributed by atoms with Crippen LogP contribution in [0.25, 0.3) is 22.0 Å². The number of pyridine rings is 1. The van der Waals surface area contributed by atoms with Gasteiger partial charge in [-0.15, -0.1) is 0 Å². The smallest absolute Gasteiger partial charge is 0.254 e. The van der Waals surface area contributed by atoms with Crippen LogP contribution >= 0.6 is 0 Å². The molecule has 0 aliphatic carbocycles. The third kappa shape index (κ3) is 4.55. The summed E-state index contributed by atoms with van der Waals surface area (Å²) in [6.07, 6.45) is 3.75. The molecule has 2 amide bonds. The van der Waals surface area contributed by atoms with Crippen molar-refractivity contribution in [1.82, 2.24) is 15.2 Å². The lowest BCUT2D eigenvalue weighted by molar-refractivity contribution is -0.121. The number of benzene rings is 2. The molecule has 144 valence electrons. The molecule has 0 aliphatic heterocycles. The van der Waals surface area contributed by atoms with Crippen molar-refractivity contribution in [2.45, 2.75) is 19.8 Å². The third-order valence-electron chi connectivity index (χ3n) is 4.66. The summed E-state index contributed by atoms with van der Waals surface area (Å²) in [7, 11) is 1.64. The van der Waals surface area contributed by atoms with Crippen LogP contribution < -0.4 is 5.32 Å². The standard InChI is InChI=1S/C23H25N3O2/c1-3-4-14-24-21(27)16-26(2)23(28)19-11-9-18(10-12-19)22-20-8-6-5-7-17(20)13-15-25-22/h5-13,15H,3-4,14,16H2,1-2H3,(H,24,27). The van der Waals surface area contributed by atoms with E-state index in [-0.39, 0.29) is 18.4 Å². The molecule has 0 saturated carbocycles. The molecule has 0 fully saturated rings. The van der Waals surface area contributed by atoms with E-state index in [0.717, 1.165) is 34.9 Å². The van der Waals surface area contributed by atoms with Gasteiger partial charge in [-0.3, -0.25) is 14.6 Å². The van der Waals surface area contributed by atoms with Crippen LogP contribution in [0.1, 0.15) is 30.1 Å². The van der Waals surface area contributed by atoms with Gasteiger partial charge in [-0.1, -0.05) is 49.7 Å². The Kier molecular flexibility index (Phi) is 6.37. The molecule has 2 aromatic carbocycles. The Morgan fingerprint density at radius 1 is 1.04 bits per heavy atom. The molecule has 1 N–H and O–H groups in total. The Morgan fingerprint density at radius 3 is 2.54 bits per heavy atom. The highest BCUT2D eigenvalue weighted by Crippen LogP contribution is 2.26. The Hall–Kier alpha value is -3.21. The van der Waals surface area contributed by atoms with E-state index >= 15 is 0 Å². The number of aromatic nitrogens is 1. The van der Waals surface area contributed by atoms with Gasteiger partial charge in [0.25, 0.3) is 5.91 Å². The first kappa shape index (κ1) is 19.5. The zero-order valence-electron chi connectivity index (χ0n) is 16.3. The Morgan fingerprint density at radius 2 is 1.79 bits per heavy atom. The first-order chi connectivity index (χ1) is 13.6. The van der Waals surface area contributed by atoms with Crippen molar-refractivity contribution in [3.8, 4) is 11.3 Å². The van der Waals surface area contributed by atoms with E-state index in [1.165, 1.54) is 4.90 Å². The van der Waals surface area contributed by atoms with Crippen molar-refractivity contribution in [2.75, 3.05) is 20.1 Å². The topological polar surface area (TPSA) is 62.3 Å². The predicted molar refractivity (Wildman–Crippen MR) is 112 cm³/mol. The summed E-state index contributed by atoms with van der Waals surface area (Å²) in [5, 5.41) is 5.03. The van der Waals surface area contributed by atoms with Crippen molar-refractivity contribution >= 4 is 22.6 Å². The van der Waals surface area contributed by atoms with Crippen LogP contribution in [0, 0.1) is 0 Å². The number of unbranched alkanes of at least 4 members (excludes halogenated alkanes) is 1. The number of carbonyl (C=O) groups is 2. The highest BCUT2D eigenvalue weighted by molar-refractivity contribution is 5.98. The number of hydrogen-bond acceptors (Lipinski definition) is 3. The number of nitrogens with zero attached hydrogens (tertiary/aromatic N) is 2. The molecule has 5 nitrogen and oxygen atoms in total. The maximum Gasteiger partial charge on any atom is 0.254 e. The summed E-state index contributed by atoms with van der Waals surface area (Å²) in [4.78, 5) is 30.5. The van der Waals surface area contributed by atoms with Gasteiger partial charge in [-0.25, -0.2) is 0 Å². The third-order valence-corrected chi connectivity index (χ3v) is 4.66. The molecule has 0 saturated heterocycles. The van der Waals surface area contributed by atoms with Crippen molar-refractivity contribution in [3.63, 3.8) is 0 Å². The summed E-state index contributed by atoms with van der Waals surface area (Å²) < 4.78 is 0. The molecule has 3 aromatic rings. The fourth-order valence-corrected chi connectivity index (χ4v) is 3.09. The second kappa shape index (κ2) is 9.13. The van der Waals surface area contributed by atoms with E-state index in [2.05, 4.69) is 23.3 Å². The van der Waals surface area contributed by atoms with Crippen molar-refractivity contribution < 1.29 is 9.59 Å². The zero-order valence-corrected chi connectivity index (χ0v) is 16.3. The zero-order chi connectivity index (χ0) is 19.9. The summed E-state index contributed by atoms with van der Waals surface area (Å²) >= 11 is 0. The predicted octanol–water partition coefficient (Wildman–Crippen LogP) is 3.89. The molecular formula is C23H25N3O2. The van der Waals surface area contributed by atoms with E-state index in [4.69, 9.17) is 0 Å². The maximum absolute atomic E-state index is 12.6. The molecule has 3 rings (SSSR count). The van der Waals surface area contributed by atoms with Gasteiger partial charge in [0.1, 0.15) is 0 Å². The molecule has 1 heterocycles. The van der Waals surface area contributed by atoms with Crippen LogP contribution in [-0.4, -0.2) is 41.8 Å². The van der Waals surface area contributed by atoms with E-state index in [1.54, 1.807) is 25.4 Å². The number of carbonyl (C=O) groups excluding carboxylic acids is 2. The number of rotatable bonds is 7. The van der Waals surface area contributed by atoms with E-state index in [9.17, 15) is 9.59 Å². The molecule has 0 spiro atoms. The second-order valence-corrected chi connectivity index (χ2v) is 6.82. The minimum Gasteiger partial charge on any atom is -0.355 e. The maximum atomic E-state index is 12.6. The van der Waals surface area contributed by atoms with E-state index in [0.29, 0.717) is 12.1 Å². The van der Waals surface area contributed by atoms with Crippen LogP contribution in [0.2, 0.25) is 0 Å². The summed E-state index contributed by atoms with van der Waals surface area (Å²) in [6.45, 7) is 2.76. The molecule has 0 radical (unpaired) electrons. The Balaban J connectivity index is 1.71. The molecule has 0 aliphatic rings. The summed E-state index contributed by atoms with van der Waals surface area (Å²) in [6, 6.07) is 17.4. The lowest BCUT2D eigenvalue weighted by Crippen LogP contribution is -2.38. The summed E-state index contributed by atoms with van der Waals surface area (Å²) in [5.41, 5.74) is 2.39. The van der Waals surface area contributed by atoms with Gasteiger partial charge in [-0.2, -0.15) is 0 Å². The van der Waals surface area contributed by atoms with Gasteiger partial charge in [0.05, 0.1) is 12.2 Å². The van der Waals surface area contributed by atoms with Crippen molar-refractivity contribution in [2.24, 2.45) is 0 Å². The first-order valence-electron chi connectivity index (χ1n) is 9.56. The molecule has 5 heteroatoms. The molecular weight excluding hydrogens is 350 g/mol.